The summed E-state index contributed by atoms with van der Waals surface area (Å²) >= 11 is 0. The van der Waals surface area contributed by atoms with E-state index in [0.29, 0.717) is 30.3 Å². The Hall–Kier alpha value is -2.69. The first-order valence-electron chi connectivity index (χ1n) is 13.3. The van der Waals surface area contributed by atoms with Crippen LogP contribution in [0.25, 0.3) is 10.9 Å². The topological polar surface area (TPSA) is 66.5 Å². The molecule has 2 aromatic rings. The van der Waals surface area contributed by atoms with Crippen molar-refractivity contribution in [1.82, 2.24) is 4.57 Å². The fourth-order valence-corrected chi connectivity index (χ4v) is 4.13. The lowest BCUT2D eigenvalue weighted by atomic mass is 10.1. The average Bonchev–Trinajstić information content (AvgIpc) is 2.79. The van der Waals surface area contributed by atoms with Gasteiger partial charge in [0.15, 0.2) is 5.75 Å². The molecule has 194 valence electrons. The fourth-order valence-electron chi connectivity index (χ4n) is 4.13. The average molecular weight is 483 g/mol. The van der Waals surface area contributed by atoms with Gasteiger partial charge in [-0.25, -0.2) is 0 Å². The first-order chi connectivity index (χ1) is 16.7. The highest BCUT2D eigenvalue weighted by atomic mass is 16.5. The second-order valence-electron chi connectivity index (χ2n) is 10.0. The number of unbranched alkanes of at least 4 members (excludes halogenated alkanes) is 5. The molecule has 2 N–H and O–H groups in total. The van der Waals surface area contributed by atoms with E-state index in [1.165, 1.54) is 36.8 Å². The number of nitrogens with zero attached hydrogens (tertiary/aromatic N) is 1. The Labute approximate surface area is 212 Å². The summed E-state index contributed by atoms with van der Waals surface area (Å²) in [6, 6.07) is 5.67. The van der Waals surface area contributed by atoms with Crippen LogP contribution < -0.4 is 20.8 Å². The van der Waals surface area contributed by atoms with Gasteiger partial charge in [-0.3, -0.25) is 4.79 Å². The standard InChI is InChI=1S/C30H46N2O3/c1-7-8-9-10-11-12-19-32-27-21-25(31)16-17-26(27)28(29(30(32)33)35-23(4)5)34-20-18-24(6)15-13-14-22(2)3/h14,16-18,21,23H,7-13,15,19-20,31H2,1-6H3. The summed E-state index contributed by atoms with van der Waals surface area (Å²) in [5, 5.41) is 0.857. The summed E-state index contributed by atoms with van der Waals surface area (Å²) in [5.41, 5.74) is 10.0. The van der Waals surface area contributed by atoms with Crippen molar-refractivity contribution in [3.05, 3.63) is 51.9 Å². The Balaban J connectivity index is 2.36. The van der Waals surface area contributed by atoms with E-state index in [1.54, 1.807) is 0 Å². The third-order valence-electron chi connectivity index (χ3n) is 6.04. The highest BCUT2D eigenvalue weighted by molar-refractivity contribution is 5.90. The molecule has 1 aromatic carbocycles. The maximum atomic E-state index is 13.6. The summed E-state index contributed by atoms with van der Waals surface area (Å²) in [4.78, 5) is 13.6. The second-order valence-corrected chi connectivity index (χ2v) is 10.0. The van der Waals surface area contributed by atoms with E-state index in [0.717, 1.165) is 36.6 Å². The predicted octanol–water partition coefficient (Wildman–Crippen LogP) is 7.80. The van der Waals surface area contributed by atoms with Crippen molar-refractivity contribution >= 4 is 16.6 Å². The summed E-state index contributed by atoms with van der Waals surface area (Å²) < 4.78 is 14.1. The van der Waals surface area contributed by atoms with Gasteiger partial charge in [0.2, 0.25) is 5.75 Å². The molecule has 0 saturated carbocycles. The summed E-state index contributed by atoms with van der Waals surface area (Å²) in [6.07, 6.45) is 13.2. The third-order valence-corrected chi connectivity index (χ3v) is 6.04. The van der Waals surface area contributed by atoms with Crippen LogP contribution >= 0.6 is 0 Å². The molecule has 0 radical (unpaired) electrons. The largest absolute Gasteiger partial charge is 0.485 e. The zero-order valence-corrected chi connectivity index (χ0v) is 22.8. The molecule has 1 aromatic heterocycles. The van der Waals surface area contributed by atoms with Gasteiger partial charge in [-0.15, -0.1) is 0 Å². The second kappa shape index (κ2) is 14.7. The highest BCUT2D eigenvalue weighted by Gasteiger charge is 2.20. The van der Waals surface area contributed by atoms with Crippen LogP contribution in [0.15, 0.2) is 46.3 Å². The fraction of sp³-hybridized carbons (Fsp3) is 0.567. The molecule has 0 fully saturated rings. The molecular weight excluding hydrogens is 436 g/mol. The van der Waals surface area contributed by atoms with Crippen molar-refractivity contribution in [1.29, 1.82) is 0 Å². The lowest BCUT2D eigenvalue weighted by Gasteiger charge is -2.20. The van der Waals surface area contributed by atoms with Crippen molar-refractivity contribution in [2.45, 2.75) is 106 Å². The molecular formula is C30H46N2O3. The molecule has 1 heterocycles. The number of pyridine rings is 1. The normalized spacial score (nSPS) is 11.8. The SMILES string of the molecule is CCCCCCCCn1c(=O)c(OC(C)C)c(OCC=C(C)CCC=C(C)C)c2ccc(N)cc21. The minimum absolute atomic E-state index is 0.139. The molecule has 35 heavy (non-hydrogen) atoms. The Kier molecular flexibility index (Phi) is 11.9. The summed E-state index contributed by atoms with van der Waals surface area (Å²) in [7, 11) is 0. The van der Waals surface area contributed by atoms with Gasteiger partial charge in [0, 0.05) is 17.6 Å². The van der Waals surface area contributed by atoms with E-state index in [9.17, 15) is 4.79 Å². The van der Waals surface area contributed by atoms with E-state index in [2.05, 4.69) is 39.8 Å². The van der Waals surface area contributed by atoms with Gasteiger partial charge in [0.1, 0.15) is 6.61 Å². The van der Waals surface area contributed by atoms with Crippen molar-refractivity contribution in [2.75, 3.05) is 12.3 Å². The summed E-state index contributed by atoms with van der Waals surface area (Å²) in [5.74, 6) is 0.796. The van der Waals surface area contributed by atoms with Gasteiger partial charge < -0.3 is 19.8 Å². The van der Waals surface area contributed by atoms with Crippen LogP contribution in [0.5, 0.6) is 11.5 Å². The minimum atomic E-state index is -0.149. The van der Waals surface area contributed by atoms with Gasteiger partial charge in [0.25, 0.3) is 5.56 Å². The van der Waals surface area contributed by atoms with Crippen molar-refractivity contribution in [3.8, 4) is 11.5 Å². The smallest absolute Gasteiger partial charge is 0.297 e. The van der Waals surface area contributed by atoms with Gasteiger partial charge in [-0.1, -0.05) is 56.3 Å². The molecule has 5 nitrogen and oxygen atoms in total. The van der Waals surface area contributed by atoms with E-state index < -0.39 is 0 Å². The number of nitrogens with two attached hydrogens (primary N) is 1. The van der Waals surface area contributed by atoms with E-state index >= 15 is 0 Å². The first-order valence-corrected chi connectivity index (χ1v) is 13.3. The number of ether oxygens (including phenoxy) is 2. The molecule has 2 rings (SSSR count). The molecule has 0 unspecified atom stereocenters. The Morgan fingerprint density at radius 3 is 2.43 bits per heavy atom. The highest BCUT2D eigenvalue weighted by Crippen LogP contribution is 2.34. The lowest BCUT2D eigenvalue weighted by molar-refractivity contribution is 0.222. The van der Waals surface area contributed by atoms with Gasteiger partial charge in [-0.2, -0.15) is 0 Å². The van der Waals surface area contributed by atoms with Gasteiger partial charge in [-0.05, 0) is 78.2 Å². The Bertz CT molecular complexity index is 1060. The van der Waals surface area contributed by atoms with Crippen LogP contribution in [0.1, 0.15) is 92.9 Å². The minimum Gasteiger partial charge on any atom is -0.485 e. The number of rotatable bonds is 15. The molecule has 0 saturated heterocycles. The van der Waals surface area contributed by atoms with E-state index in [4.69, 9.17) is 15.2 Å². The zero-order valence-electron chi connectivity index (χ0n) is 22.8. The quantitative estimate of drug-likeness (QED) is 0.160. The molecule has 0 atom stereocenters. The van der Waals surface area contributed by atoms with Crippen LogP contribution in [-0.2, 0) is 6.54 Å². The van der Waals surface area contributed by atoms with Crippen LogP contribution in [0, 0.1) is 0 Å². The van der Waals surface area contributed by atoms with E-state index in [1.807, 2.05) is 36.6 Å². The number of fused-ring (bicyclic) bond motifs is 1. The zero-order chi connectivity index (χ0) is 25.8. The van der Waals surface area contributed by atoms with Crippen LogP contribution in [0.3, 0.4) is 0 Å². The number of aromatic nitrogens is 1. The van der Waals surface area contributed by atoms with Crippen molar-refractivity contribution < 1.29 is 9.47 Å². The lowest BCUT2D eigenvalue weighted by Crippen LogP contribution is -2.25. The number of hydrogen-bond acceptors (Lipinski definition) is 4. The monoisotopic (exact) mass is 482 g/mol. The van der Waals surface area contributed by atoms with Gasteiger partial charge in [0.05, 0.1) is 11.6 Å². The molecule has 0 aliphatic rings. The summed E-state index contributed by atoms with van der Waals surface area (Å²) in [6.45, 7) is 13.5. The third kappa shape index (κ3) is 9.12. The predicted molar refractivity (Wildman–Crippen MR) is 150 cm³/mol. The molecule has 0 spiro atoms. The van der Waals surface area contributed by atoms with Crippen LogP contribution in [-0.4, -0.2) is 17.3 Å². The van der Waals surface area contributed by atoms with Gasteiger partial charge >= 0.3 is 0 Å². The maximum absolute atomic E-state index is 13.6. The Morgan fingerprint density at radius 2 is 1.74 bits per heavy atom. The number of nitrogen functional groups attached to an aromatic ring is 1. The molecule has 0 aliphatic carbocycles. The Morgan fingerprint density at radius 1 is 1.03 bits per heavy atom. The number of aryl methyl sites for hydroxylation is 1. The molecule has 0 bridgehead atoms. The van der Waals surface area contributed by atoms with Crippen molar-refractivity contribution in [3.63, 3.8) is 0 Å². The molecule has 5 heteroatoms. The number of allylic oxidation sites excluding steroid dienone is 3. The van der Waals surface area contributed by atoms with Crippen LogP contribution in [0.4, 0.5) is 5.69 Å². The van der Waals surface area contributed by atoms with Crippen molar-refractivity contribution in [2.24, 2.45) is 0 Å². The molecule has 0 aliphatic heterocycles. The molecule has 0 amide bonds. The first kappa shape index (κ1) is 28.5. The van der Waals surface area contributed by atoms with E-state index in [-0.39, 0.29) is 11.7 Å². The maximum Gasteiger partial charge on any atom is 0.297 e. The number of benzene rings is 1. The number of anilines is 1. The number of hydrogen-bond donors (Lipinski definition) is 1. The van der Waals surface area contributed by atoms with Crippen LogP contribution in [0.2, 0.25) is 0 Å².